The van der Waals surface area contributed by atoms with E-state index in [-0.39, 0.29) is 0 Å². The highest BCUT2D eigenvalue weighted by Gasteiger charge is 2.25. The van der Waals surface area contributed by atoms with Crippen LogP contribution in [0.4, 0.5) is 0 Å². The zero-order valence-electron chi connectivity index (χ0n) is 7.75. The van der Waals surface area contributed by atoms with Crippen LogP contribution in [0.15, 0.2) is 0 Å². The first kappa shape index (κ1) is 8.85. The lowest BCUT2D eigenvalue weighted by molar-refractivity contribution is 0.161. The monoisotopic (exact) mass is 186 g/mol. The van der Waals surface area contributed by atoms with Crippen molar-refractivity contribution in [2.24, 2.45) is 5.92 Å². The minimum Gasteiger partial charge on any atom is -0.314 e. The van der Waals surface area contributed by atoms with Gasteiger partial charge in [0.15, 0.2) is 0 Å². The molecule has 0 spiro atoms. The average Bonchev–Trinajstić information content (AvgIpc) is 2.34. The van der Waals surface area contributed by atoms with Gasteiger partial charge < -0.3 is 10.2 Å². The molecular weight excluding hydrogens is 168 g/mol. The van der Waals surface area contributed by atoms with Crippen molar-refractivity contribution in [2.45, 2.75) is 12.5 Å². The maximum atomic E-state index is 3.32. The Morgan fingerprint density at radius 2 is 2.33 bits per heavy atom. The summed E-state index contributed by atoms with van der Waals surface area (Å²) in [7, 11) is 2.27. The first-order valence-electron chi connectivity index (χ1n) is 4.85. The van der Waals surface area contributed by atoms with Crippen LogP contribution in [0.2, 0.25) is 0 Å². The van der Waals surface area contributed by atoms with Crippen LogP contribution in [0, 0.1) is 5.92 Å². The Hall–Kier alpha value is 0.270. The zero-order valence-corrected chi connectivity index (χ0v) is 8.57. The minimum absolute atomic E-state index is 0.829. The van der Waals surface area contributed by atoms with Crippen LogP contribution in [-0.4, -0.2) is 49.1 Å². The number of nitrogens with one attached hydrogen (secondary N) is 1. The fourth-order valence-electron chi connectivity index (χ4n) is 1.87. The molecule has 2 rings (SSSR count). The lowest BCUT2D eigenvalue weighted by Gasteiger charge is -2.36. The van der Waals surface area contributed by atoms with Gasteiger partial charge in [0.1, 0.15) is 0 Å². The van der Waals surface area contributed by atoms with Crippen LogP contribution < -0.4 is 5.32 Å². The van der Waals surface area contributed by atoms with E-state index in [2.05, 4.69) is 29.0 Å². The minimum atomic E-state index is 0.829. The van der Waals surface area contributed by atoms with Gasteiger partial charge in [-0.1, -0.05) is 0 Å². The maximum Gasteiger partial charge on any atom is 0.0342 e. The first-order chi connectivity index (χ1) is 5.86. The number of thioether (sulfide) groups is 1. The van der Waals surface area contributed by atoms with Gasteiger partial charge in [-0.15, -0.1) is 0 Å². The Morgan fingerprint density at radius 1 is 1.50 bits per heavy atom. The third-order valence-electron chi connectivity index (χ3n) is 2.95. The van der Waals surface area contributed by atoms with Gasteiger partial charge in [-0.05, 0) is 30.9 Å². The Balaban J connectivity index is 1.69. The quantitative estimate of drug-likeness (QED) is 0.696. The summed E-state index contributed by atoms with van der Waals surface area (Å²) in [5.74, 6) is 3.76. The maximum absolute atomic E-state index is 3.32. The second-order valence-corrected chi connectivity index (χ2v) is 5.13. The SMILES string of the molecule is CN(CC1CCSC1)C1CNC1. The van der Waals surface area contributed by atoms with Crippen molar-refractivity contribution in [3.8, 4) is 0 Å². The molecular formula is C9H18N2S. The van der Waals surface area contributed by atoms with Gasteiger partial charge in [-0.2, -0.15) is 11.8 Å². The van der Waals surface area contributed by atoms with Crippen molar-refractivity contribution in [3.05, 3.63) is 0 Å². The zero-order chi connectivity index (χ0) is 8.39. The van der Waals surface area contributed by atoms with Crippen molar-refractivity contribution in [3.63, 3.8) is 0 Å². The number of hydrogen-bond acceptors (Lipinski definition) is 3. The molecule has 0 amide bonds. The van der Waals surface area contributed by atoms with E-state index in [1.54, 1.807) is 0 Å². The Morgan fingerprint density at radius 3 is 2.83 bits per heavy atom. The van der Waals surface area contributed by atoms with E-state index in [1.807, 2.05) is 0 Å². The summed E-state index contributed by atoms with van der Waals surface area (Å²) in [6.45, 7) is 3.73. The molecule has 0 aromatic heterocycles. The molecule has 0 aromatic carbocycles. The molecule has 12 heavy (non-hydrogen) atoms. The van der Waals surface area contributed by atoms with E-state index in [0.717, 1.165) is 12.0 Å². The highest BCUT2D eigenvalue weighted by atomic mass is 32.2. The summed E-state index contributed by atoms with van der Waals surface area (Å²) in [6, 6.07) is 0.829. The van der Waals surface area contributed by atoms with Crippen LogP contribution in [0.3, 0.4) is 0 Å². The molecule has 2 nitrogen and oxygen atoms in total. The van der Waals surface area contributed by atoms with Gasteiger partial charge in [-0.3, -0.25) is 0 Å². The first-order valence-corrected chi connectivity index (χ1v) is 6.00. The topological polar surface area (TPSA) is 15.3 Å². The molecule has 0 aromatic rings. The van der Waals surface area contributed by atoms with E-state index in [9.17, 15) is 0 Å². The predicted octanol–water partition coefficient (Wildman–Crippen LogP) is 0.643. The molecule has 1 N–H and O–H groups in total. The standard InChI is InChI=1S/C9H18N2S/c1-11(9-4-10-5-9)6-8-2-3-12-7-8/h8-10H,2-7H2,1H3. The van der Waals surface area contributed by atoms with Crippen molar-refractivity contribution in [1.82, 2.24) is 10.2 Å². The van der Waals surface area contributed by atoms with Crippen molar-refractivity contribution >= 4 is 11.8 Å². The predicted molar refractivity (Wildman–Crippen MR) is 54.7 cm³/mol. The number of hydrogen-bond donors (Lipinski definition) is 1. The largest absolute Gasteiger partial charge is 0.314 e. The fraction of sp³-hybridized carbons (Fsp3) is 1.00. The summed E-state index contributed by atoms with van der Waals surface area (Å²) in [5.41, 5.74) is 0. The number of nitrogens with zero attached hydrogens (tertiary/aromatic N) is 1. The number of rotatable bonds is 3. The molecule has 0 saturated carbocycles. The van der Waals surface area contributed by atoms with Gasteiger partial charge in [-0.25, -0.2) is 0 Å². The molecule has 3 heteroatoms. The van der Waals surface area contributed by atoms with E-state index in [0.29, 0.717) is 0 Å². The summed E-state index contributed by atoms with van der Waals surface area (Å²) in [6.07, 6.45) is 1.44. The third kappa shape index (κ3) is 1.95. The normalized spacial score (nSPS) is 31.0. The molecule has 2 aliphatic heterocycles. The summed E-state index contributed by atoms with van der Waals surface area (Å²) in [4.78, 5) is 2.53. The lowest BCUT2D eigenvalue weighted by Crippen LogP contribution is -2.56. The lowest BCUT2D eigenvalue weighted by atomic mass is 10.1. The molecule has 1 atom stereocenters. The van der Waals surface area contributed by atoms with Crippen LogP contribution >= 0.6 is 11.8 Å². The van der Waals surface area contributed by atoms with Crippen molar-refractivity contribution in [2.75, 3.05) is 38.2 Å². The Bertz CT molecular complexity index is 141. The van der Waals surface area contributed by atoms with Crippen LogP contribution in [0.25, 0.3) is 0 Å². The molecule has 1 unspecified atom stereocenters. The van der Waals surface area contributed by atoms with Crippen LogP contribution in [-0.2, 0) is 0 Å². The third-order valence-corrected chi connectivity index (χ3v) is 4.18. The second-order valence-electron chi connectivity index (χ2n) is 3.98. The smallest absolute Gasteiger partial charge is 0.0342 e. The molecule has 2 heterocycles. The van der Waals surface area contributed by atoms with Gasteiger partial charge in [0.25, 0.3) is 0 Å². The average molecular weight is 186 g/mol. The van der Waals surface area contributed by atoms with Crippen molar-refractivity contribution < 1.29 is 0 Å². The summed E-state index contributed by atoms with van der Waals surface area (Å²) in [5, 5.41) is 3.32. The molecule has 2 fully saturated rings. The van der Waals surface area contributed by atoms with Crippen molar-refractivity contribution in [1.29, 1.82) is 0 Å². The Kier molecular flexibility index (Phi) is 2.94. The van der Waals surface area contributed by atoms with E-state index in [1.165, 1.54) is 37.6 Å². The van der Waals surface area contributed by atoms with E-state index < -0.39 is 0 Å². The van der Waals surface area contributed by atoms with Gasteiger partial charge in [0, 0.05) is 25.7 Å². The molecule has 2 aliphatic rings. The summed E-state index contributed by atoms with van der Waals surface area (Å²) < 4.78 is 0. The summed E-state index contributed by atoms with van der Waals surface area (Å²) >= 11 is 2.12. The van der Waals surface area contributed by atoms with Gasteiger partial charge >= 0.3 is 0 Å². The van der Waals surface area contributed by atoms with Gasteiger partial charge in [0.2, 0.25) is 0 Å². The molecule has 0 radical (unpaired) electrons. The Labute approximate surface area is 79.1 Å². The van der Waals surface area contributed by atoms with E-state index >= 15 is 0 Å². The highest BCUT2D eigenvalue weighted by Crippen LogP contribution is 2.24. The molecule has 2 saturated heterocycles. The van der Waals surface area contributed by atoms with Crippen LogP contribution in [0.1, 0.15) is 6.42 Å². The molecule has 0 bridgehead atoms. The number of likely N-dealkylation sites (N-methyl/N-ethyl adjacent to an activating group) is 1. The molecule has 0 aliphatic carbocycles. The van der Waals surface area contributed by atoms with Crippen LogP contribution in [0.5, 0.6) is 0 Å². The molecule has 70 valence electrons. The fourth-order valence-corrected chi connectivity index (χ4v) is 3.14. The van der Waals surface area contributed by atoms with Gasteiger partial charge in [0.05, 0.1) is 0 Å². The van der Waals surface area contributed by atoms with E-state index in [4.69, 9.17) is 0 Å². The second kappa shape index (κ2) is 3.99. The highest BCUT2D eigenvalue weighted by molar-refractivity contribution is 7.99.